The van der Waals surface area contributed by atoms with Crippen molar-refractivity contribution in [3.8, 4) is 5.75 Å². The molecule has 2 heterocycles. The number of ether oxygens (including phenoxy) is 1. The smallest absolute Gasteiger partial charge is 0.295 e. The van der Waals surface area contributed by atoms with Crippen molar-refractivity contribution < 1.29 is 24.3 Å². The number of carbonyl (C=O) groups excluding carboxylic acids is 2. The van der Waals surface area contributed by atoms with Crippen LogP contribution in [0.1, 0.15) is 28.5 Å². The van der Waals surface area contributed by atoms with E-state index in [-0.39, 0.29) is 11.3 Å². The van der Waals surface area contributed by atoms with Gasteiger partial charge in [-0.2, -0.15) is 0 Å². The molecule has 1 saturated heterocycles. The predicted octanol–water partition coefficient (Wildman–Crippen LogP) is 2.02. The monoisotopic (exact) mass is 415 g/mol. The van der Waals surface area contributed by atoms with E-state index in [1.54, 1.807) is 30.2 Å². The number of aryl methyl sites for hydroxylation is 1. The Morgan fingerprint density at radius 2 is 2.03 bits per heavy atom. The highest BCUT2D eigenvalue weighted by atomic mass is 32.1. The average Bonchev–Trinajstić information content (AvgIpc) is 3.29. The lowest BCUT2D eigenvalue weighted by Crippen LogP contribution is -3.05. The average molecular weight is 416 g/mol. The molecule has 1 fully saturated rings. The van der Waals surface area contributed by atoms with Gasteiger partial charge in [-0.15, -0.1) is 11.3 Å². The van der Waals surface area contributed by atoms with Gasteiger partial charge < -0.3 is 19.6 Å². The highest BCUT2D eigenvalue weighted by Crippen LogP contribution is 2.41. The van der Waals surface area contributed by atoms with Gasteiger partial charge in [0.25, 0.3) is 11.7 Å². The molecule has 0 radical (unpaired) electrons. The lowest BCUT2D eigenvalue weighted by molar-refractivity contribution is -0.858. The second kappa shape index (κ2) is 8.80. The van der Waals surface area contributed by atoms with Crippen LogP contribution >= 0.6 is 11.3 Å². The van der Waals surface area contributed by atoms with E-state index in [2.05, 4.69) is 14.1 Å². The lowest BCUT2D eigenvalue weighted by atomic mass is 9.98. The number of nitrogens with zero attached hydrogens (tertiary/aromatic N) is 1. The van der Waals surface area contributed by atoms with Gasteiger partial charge in [-0.05, 0) is 42.1 Å². The van der Waals surface area contributed by atoms with Crippen molar-refractivity contribution >= 4 is 28.8 Å². The first-order chi connectivity index (χ1) is 13.8. The largest absolute Gasteiger partial charge is 0.507 e. The second-order valence-corrected chi connectivity index (χ2v) is 8.48. The summed E-state index contributed by atoms with van der Waals surface area (Å²) in [4.78, 5) is 29.5. The van der Waals surface area contributed by atoms with Gasteiger partial charge in [0.2, 0.25) is 0 Å². The Morgan fingerprint density at radius 3 is 2.62 bits per heavy atom. The standard InChI is InChI=1S/C22H26N2O4S/c1-14-13-15(8-9-16(14)28-4)20(25)18-19(17-7-5-12-29-17)24(22(27)21(18)26)11-6-10-23(2)3/h5,7-9,12-13,19,25H,6,10-11H2,1-4H3/p+1/t19-/m0/s1. The minimum Gasteiger partial charge on any atom is -0.507 e. The fourth-order valence-corrected chi connectivity index (χ4v) is 4.48. The molecular weight excluding hydrogens is 388 g/mol. The van der Waals surface area contributed by atoms with E-state index in [0.29, 0.717) is 17.9 Å². The van der Waals surface area contributed by atoms with E-state index in [4.69, 9.17) is 4.74 Å². The van der Waals surface area contributed by atoms with Crippen LogP contribution in [0.25, 0.3) is 5.76 Å². The molecule has 0 bridgehead atoms. The summed E-state index contributed by atoms with van der Waals surface area (Å²) in [5.41, 5.74) is 1.49. The second-order valence-electron chi connectivity index (χ2n) is 7.50. The number of Topliss-reactive ketones (excluding diaryl/α,β-unsaturated/α-hetero) is 1. The third-order valence-corrected chi connectivity index (χ3v) is 6.02. The molecule has 1 amide bonds. The van der Waals surface area contributed by atoms with Crippen molar-refractivity contribution in [2.24, 2.45) is 0 Å². The van der Waals surface area contributed by atoms with Crippen molar-refractivity contribution in [3.05, 3.63) is 57.3 Å². The van der Waals surface area contributed by atoms with Crippen LogP contribution in [0.15, 0.2) is 41.3 Å². The van der Waals surface area contributed by atoms with Gasteiger partial charge in [-0.3, -0.25) is 9.59 Å². The molecular formula is C22H27N2O4S+. The number of hydrogen-bond acceptors (Lipinski definition) is 5. The normalized spacial score (nSPS) is 18.7. The first-order valence-electron chi connectivity index (χ1n) is 9.61. The Kier molecular flexibility index (Phi) is 6.39. The summed E-state index contributed by atoms with van der Waals surface area (Å²) in [6.45, 7) is 3.23. The first-order valence-corrected chi connectivity index (χ1v) is 10.5. The topological polar surface area (TPSA) is 71.3 Å². The lowest BCUT2D eigenvalue weighted by Gasteiger charge is -2.24. The zero-order valence-corrected chi connectivity index (χ0v) is 18.0. The number of ketones is 1. The van der Waals surface area contributed by atoms with E-state index in [1.165, 1.54) is 16.2 Å². The first kappa shape index (κ1) is 21.1. The number of likely N-dealkylation sites (tertiary alicyclic amines) is 1. The van der Waals surface area contributed by atoms with Crippen LogP contribution < -0.4 is 9.64 Å². The van der Waals surface area contributed by atoms with E-state index in [1.807, 2.05) is 24.4 Å². The summed E-state index contributed by atoms with van der Waals surface area (Å²) >= 11 is 1.48. The summed E-state index contributed by atoms with van der Waals surface area (Å²) < 4.78 is 5.28. The van der Waals surface area contributed by atoms with E-state index < -0.39 is 17.7 Å². The highest BCUT2D eigenvalue weighted by Gasteiger charge is 2.46. The third-order valence-electron chi connectivity index (χ3n) is 5.10. The molecule has 1 aromatic heterocycles. The quantitative estimate of drug-likeness (QED) is 0.412. The van der Waals surface area contributed by atoms with Gasteiger partial charge in [0, 0.05) is 23.4 Å². The van der Waals surface area contributed by atoms with E-state index in [9.17, 15) is 14.7 Å². The van der Waals surface area contributed by atoms with Gasteiger partial charge in [0.1, 0.15) is 11.5 Å². The molecule has 7 heteroatoms. The maximum Gasteiger partial charge on any atom is 0.295 e. The summed E-state index contributed by atoms with van der Waals surface area (Å²) in [6.07, 6.45) is 0.777. The number of hydrogen-bond donors (Lipinski definition) is 2. The Balaban J connectivity index is 2.05. The van der Waals surface area contributed by atoms with Gasteiger partial charge in [0.15, 0.2) is 0 Å². The molecule has 6 nitrogen and oxygen atoms in total. The molecule has 1 aliphatic heterocycles. The molecule has 2 N–H and O–H groups in total. The van der Waals surface area contributed by atoms with Gasteiger partial charge in [0.05, 0.1) is 39.4 Å². The number of aliphatic hydroxyl groups is 1. The minimum absolute atomic E-state index is 0.145. The molecule has 29 heavy (non-hydrogen) atoms. The number of quaternary nitrogens is 1. The van der Waals surface area contributed by atoms with Crippen LogP contribution in [0, 0.1) is 6.92 Å². The molecule has 1 aliphatic rings. The fourth-order valence-electron chi connectivity index (χ4n) is 3.64. The van der Waals surface area contributed by atoms with Crippen LogP contribution in [0.3, 0.4) is 0 Å². The summed E-state index contributed by atoms with van der Waals surface area (Å²) in [5, 5.41) is 13.0. The molecule has 0 saturated carbocycles. The van der Waals surface area contributed by atoms with Gasteiger partial charge in [-0.25, -0.2) is 0 Å². The van der Waals surface area contributed by atoms with Crippen LogP contribution in [-0.4, -0.2) is 56.0 Å². The van der Waals surface area contributed by atoms with Crippen LogP contribution in [0.2, 0.25) is 0 Å². The van der Waals surface area contributed by atoms with E-state index in [0.717, 1.165) is 23.4 Å². The minimum atomic E-state index is -0.633. The zero-order chi connectivity index (χ0) is 21.1. The van der Waals surface area contributed by atoms with Crippen molar-refractivity contribution in [3.63, 3.8) is 0 Å². The Morgan fingerprint density at radius 1 is 1.28 bits per heavy atom. The van der Waals surface area contributed by atoms with Crippen LogP contribution in [0.5, 0.6) is 5.75 Å². The molecule has 2 aromatic rings. The molecule has 1 aromatic carbocycles. The highest BCUT2D eigenvalue weighted by molar-refractivity contribution is 7.10. The summed E-state index contributed by atoms with van der Waals surface area (Å²) in [6, 6.07) is 8.45. The Labute approximate surface area is 175 Å². The van der Waals surface area contributed by atoms with Crippen molar-refractivity contribution in [2.75, 3.05) is 34.3 Å². The molecule has 1 atom stereocenters. The molecule has 0 aliphatic carbocycles. The van der Waals surface area contributed by atoms with Gasteiger partial charge >= 0.3 is 0 Å². The fraction of sp³-hybridized carbons (Fsp3) is 0.364. The molecule has 3 rings (SSSR count). The SMILES string of the molecule is COc1ccc(C(O)=C2C(=O)C(=O)N(CCC[NH+](C)C)[C@H]2c2cccs2)cc1C. The number of benzene rings is 1. The third kappa shape index (κ3) is 4.21. The molecule has 0 spiro atoms. The van der Waals surface area contributed by atoms with Crippen molar-refractivity contribution in [1.29, 1.82) is 0 Å². The number of aliphatic hydroxyl groups excluding tert-OH is 1. The molecule has 154 valence electrons. The zero-order valence-electron chi connectivity index (χ0n) is 17.2. The van der Waals surface area contributed by atoms with E-state index >= 15 is 0 Å². The number of nitrogens with one attached hydrogen (secondary N) is 1. The number of amides is 1. The Bertz CT molecular complexity index is 934. The predicted molar refractivity (Wildman–Crippen MR) is 113 cm³/mol. The Hall–Kier alpha value is -2.64. The van der Waals surface area contributed by atoms with Crippen molar-refractivity contribution in [2.45, 2.75) is 19.4 Å². The summed E-state index contributed by atoms with van der Waals surface area (Å²) in [7, 11) is 5.69. The number of carbonyl (C=O) groups is 2. The number of thiophene rings is 1. The number of rotatable bonds is 7. The van der Waals surface area contributed by atoms with Crippen LogP contribution in [0.4, 0.5) is 0 Å². The maximum absolute atomic E-state index is 12.9. The maximum atomic E-state index is 12.9. The summed E-state index contributed by atoms with van der Waals surface area (Å²) in [5.74, 6) is -0.633. The van der Waals surface area contributed by atoms with Crippen LogP contribution in [-0.2, 0) is 9.59 Å². The van der Waals surface area contributed by atoms with Crippen molar-refractivity contribution in [1.82, 2.24) is 4.90 Å². The number of methoxy groups -OCH3 is 1. The van der Waals surface area contributed by atoms with Gasteiger partial charge in [-0.1, -0.05) is 6.07 Å². The molecule has 0 unspecified atom stereocenters.